The van der Waals surface area contributed by atoms with E-state index >= 15 is 0 Å². The van der Waals surface area contributed by atoms with E-state index in [0.29, 0.717) is 12.1 Å². The number of imidazole rings is 1. The Morgan fingerprint density at radius 1 is 1.24 bits per heavy atom. The largest absolute Gasteiger partial charge is 0.327 e. The molecule has 102 valence electrons. The van der Waals surface area contributed by atoms with Gasteiger partial charge >= 0.3 is 0 Å². The molecule has 0 amide bonds. The lowest BCUT2D eigenvalue weighted by Crippen LogP contribution is -2.01. The number of aromatic nitrogens is 3. The van der Waals surface area contributed by atoms with Crippen molar-refractivity contribution < 1.29 is 0 Å². The zero-order chi connectivity index (χ0) is 14.7. The predicted octanol–water partition coefficient (Wildman–Crippen LogP) is 3.63. The first-order valence-corrected chi connectivity index (χ1v) is 7.16. The van der Waals surface area contributed by atoms with Crippen LogP contribution in [0.4, 0.5) is 0 Å². The lowest BCUT2D eigenvalue weighted by Gasteiger charge is -2.08. The molecular formula is C16H11BrN4. The molecule has 5 heteroatoms. The van der Waals surface area contributed by atoms with Crippen LogP contribution >= 0.6 is 15.9 Å². The molecule has 0 aliphatic carbocycles. The van der Waals surface area contributed by atoms with Crippen LogP contribution in [-0.2, 0) is 6.54 Å². The van der Waals surface area contributed by atoms with E-state index < -0.39 is 0 Å². The highest BCUT2D eigenvalue weighted by Gasteiger charge is 2.07. The van der Waals surface area contributed by atoms with E-state index in [-0.39, 0.29) is 0 Å². The average molecular weight is 339 g/mol. The van der Waals surface area contributed by atoms with Crippen molar-refractivity contribution in [2.45, 2.75) is 6.54 Å². The smallest absolute Gasteiger partial charge is 0.141 e. The van der Waals surface area contributed by atoms with Crippen LogP contribution < -0.4 is 0 Å². The first-order chi connectivity index (χ1) is 10.3. The van der Waals surface area contributed by atoms with Crippen molar-refractivity contribution in [2.75, 3.05) is 0 Å². The molecule has 0 atom stereocenters. The fourth-order valence-electron chi connectivity index (χ4n) is 2.17. The molecule has 1 aromatic carbocycles. The van der Waals surface area contributed by atoms with Gasteiger partial charge in [-0.3, -0.25) is 4.98 Å². The van der Waals surface area contributed by atoms with Crippen molar-refractivity contribution in [3.05, 3.63) is 70.7 Å². The second-order valence-electron chi connectivity index (χ2n) is 4.58. The fourth-order valence-corrected chi connectivity index (χ4v) is 2.53. The molecule has 4 nitrogen and oxygen atoms in total. The number of halogens is 1. The molecule has 0 saturated heterocycles. The van der Waals surface area contributed by atoms with Crippen molar-refractivity contribution in [3.63, 3.8) is 0 Å². The van der Waals surface area contributed by atoms with Crippen LogP contribution in [-0.4, -0.2) is 14.5 Å². The molecule has 3 rings (SSSR count). The molecule has 3 aromatic rings. The van der Waals surface area contributed by atoms with Crippen LogP contribution in [0.5, 0.6) is 0 Å². The lowest BCUT2D eigenvalue weighted by atomic mass is 10.1. The van der Waals surface area contributed by atoms with Gasteiger partial charge < -0.3 is 4.57 Å². The van der Waals surface area contributed by atoms with Crippen LogP contribution in [0.1, 0.15) is 11.1 Å². The Bertz CT molecular complexity index is 817. The Labute approximate surface area is 130 Å². The number of hydrogen-bond donors (Lipinski definition) is 0. The minimum Gasteiger partial charge on any atom is -0.327 e. The van der Waals surface area contributed by atoms with Crippen molar-refractivity contribution in [1.82, 2.24) is 14.5 Å². The Balaban J connectivity index is 1.94. The average Bonchev–Trinajstić information content (AvgIpc) is 2.95. The van der Waals surface area contributed by atoms with E-state index in [1.807, 2.05) is 35.0 Å². The van der Waals surface area contributed by atoms with Crippen LogP contribution in [0.15, 0.2) is 59.6 Å². The summed E-state index contributed by atoms with van der Waals surface area (Å²) in [6, 6.07) is 11.7. The Kier molecular flexibility index (Phi) is 3.80. The van der Waals surface area contributed by atoms with E-state index in [0.717, 1.165) is 21.4 Å². The van der Waals surface area contributed by atoms with Crippen LogP contribution in [0, 0.1) is 11.3 Å². The summed E-state index contributed by atoms with van der Waals surface area (Å²) in [4.78, 5) is 8.58. The summed E-state index contributed by atoms with van der Waals surface area (Å²) in [6.07, 6.45) is 7.22. The molecule has 2 aromatic heterocycles. The molecular weight excluding hydrogens is 328 g/mol. The highest BCUT2D eigenvalue weighted by Crippen LogP contribution is 2.21. The minimum atomic E-state index is 0.664. The monoisotopic (exact) mass is 338 g/mol. The van der Waals surface area contributed by atoms with Crippen molar-refractivity contribution in [3.8, 4) is 17.5 Å². The van der Waals surface area contributed by atoms with Gasteiger partial charge in [-0.25, -0.2) is 4.98 Å². The van der Waals surface area contributed by atoms with Gasteiger partial charge in [-0.2, -0.15) is 5.26 Å². The summed E-state index contributed by atoms with van der Waals surface area (Å²) < 4.78 is 2.96. The Morgan fingerprint density at radius 2 is 2.14 bits per heavy atom. The zero-order valence-electron chi connectivity index (χ0n) is 11.1. The zero-order valence-corrected chi connectivity index (χ0v) is 12.7. The van der Waals surface area contributed by atoms with Gasteiger partial charge in [0, 0.05) is 41.4 Å². The fraction of sp³-hybridized carbons (Fsp3) is 0.0625. The number of pyridine rings is 1. The molecule has 0 radical (unpaired) electrons. The van der Waals surface area contributed by atoms with Gasteiger partial charge in [0.15, 0.2) is 0 Å². The first kappa shape index (κ1) is 13.5. The van der Waals surface area contributed by atoms with Gasteiger partial charge in [0.1, 0.15) is 5.82 Å². The SMILES string of the molecule is N#Cc1cccc(Cn2ccnc2-c2cncc(Br)c2)c1. The second kappa shape index (κ2) is 5.90. The molecule has 0 aliphatic rings. The number of nitriles is 1. The van der Waals surface area contributed by atoms with Gasteiger partial charge in [-0.1, -0.05) is 12.1 Å². The number of hydrogen-bond acceptors (Lipinski definition) is 3. The van der Waals surface area contributed by atoms with Crippen LogP contribution in [0.3, 0.4) is 0 Å². The normalized spacial score (nSPS) is 10.3. The van der Waals surface area contributed by atoms with Crippen molar-refractivity contribution in [1.29, 1.82) is 5.26 Å². The Hall–Kier alpha value is -2.45. The molecule has 0 bridgehead atoms. The third kappa shape index (κ3) is 3.01. The Morgan fingerprint density at radius 3 is 2.95 bits per heavy atom. The quantitative estimate of drug-likeness (QED) is 0.732. The van der Waals surface area contributed by atoms with Crippen molar-refractivity contribution >= 4 is 15.9 Å². The van der Waals surface area contributed by atoms with Gasteiger partial charge in [0.25, 0.3) is 0 Å². The molecule has 0 N–H and O–H groups in total. The summed E-state index contributed by atoms with van der Waals surface area (Å²) in [5, 5.41) is 8.97. The third-order valence-corrected chi connectivity index (χ3v) is 3.52. The lowest BCUT2D eigenvalue weighted by molar-refractivity contribution is 0.806. The van der Waals surface area contributed by atoms with Gasteiger partial charge in [0.05, 0.1) is 11.6 Å². The maximum atomic E-state index is 8.97. The molecule has 2 heterocycles. The highest BCUT2D eigenvalue weighted by molar-refractivity contribution is 9.10. The molecule has 21 heavy (non-hydrogen) atoms. The first-order valence-electron chi connectivity index (χ1n) is 6.37. The summed E-state index contributed by atoms with van der Waals surface area (Å²) in [7, 11) is 0. The van der Waals surface area contributed by atoms with Crippen LogP contribution in [0.25, 0.3) is 11.4 Å². The summed E-state index contributed by atoms with van der Waals surface area (Å²) in [5.41, 5.74) is 2.68. The summed E-state index contributed by atoms with van der Waals surface area (Å²) in [5.74, 6) is 0.853. The van der Waals surface area contributed by atoms with E-state index in [2.05, 4.69) is 32.0 Å². The summed E-state index contributed by atoms with van der Waals surface area (Å²) >= 11 is 3.42. The minimum absolute atomic E-state index is 0.664. The third-order valence-electron chi connectivity index (χ3n) is 3.09. The topological polar surface area (TPSA) is 54.5 Å². The standard InChI is InChI=1S/C16H11BrN4/c17-15-7-14(9-19-10-15)16-20-4-5-21(16)11-13-3-1-2-12(6-13)8-18/h1-7,9-10H,11H2. The molecule has 0 fully saturated rings. The maximum absolute atomic E-state index is 8.97. The number of nitrogens with zero attached hydrogens (tertiary/aromatic N) is 4. The second-order valence-corrected chi connectivity index (χ2v) is 5.50. The maximum Gasteiger partial charge on any atom is 0.141 e. The van der Waals surface area contributed by atoms with Gasteiger partial charge in [0.2, 0.25) is 0 Å². The summed E-state index contributed by atoms with van der Waals surface area (Å²) in [6.45, 7) is 0.664. The van der Waals surface area contributed by atoms with E-state index in [4.69, 9.17) is 5.26 Å². The molecule has 0 saturated carbocycles. The predicted molar refractivity (Wildman–Crippen MR) is 83.4 cm³/mol. The van der Waals surface area contributed by atoms with Crippen LogP contribution in [0.2, 0.25) is 0 Å². The van der Waals surface area contributed by atoms with E-state index in [1.165, 1.54) is 0 Å². The van der Waals surface area contributed by atoms with Gasteiger partial charge in [-0.15, -0.1) is 0 Å². The van der Waals surface area contributed by atoms with Gasteiger partial charge in [-0.05, 0) is 39.7 Å². The van der Waals surface area contributed by atoms with Crippen molar-refractivity contribution in [2.24, 2.45) is 0 Å². The molecule has 0 unspecified atom stereocenters. The number of rotatable bonds is 3. The number of benzene rings is 1. The molecule has 0 spiro atoms. The van der Waals surface area contributed by atoms with E-state index in [1.54, 1.807) is 24.7 Å². The highest BCUT2D eigenvalue weighted by atomic mass is 79.9. The van der Waals surface area contributed by atoms with E-state index in [9.17, 15) is 0 Å². The molecule has 0 aliphatic heterocycles.